The van der Waals surface area contributed by atoms with Crippen molar-refractivity contribution in [2.24, 2.45) is 5.92 Å². The van der Waals surface area contributed by atoms with E-state index in [9.17, 15) is 14.7 Å². The topological polar surface area (TPSA) is 143 Å². The van der Waals surface area contributed by atoms with Gasteiger partial charge in [0, 0.05) is 31.8 Å². The highest BCUT2D eigenvalue weighted by atomic mass is 79.9. The maximum atomic E-state index is 12.9. The van der Waals surface area contributed by atoms with Crippen molar-refractivity contribution in [3.63, 3.8) is 0 Å². The highest BCUT2D eigenvalue weighted by Gasteiger charge is 2.31. The molecule has 0 saturated carbocycles. The monoisotopic (exact) mass is 520 g/mol. The van der Waals surface area contributed by atoms with Gasteiger partial charge in [0.25, 0.3) is 5.91 Å². The standard InChI is InChI=1S/C22H29BrN6O4/c1-22(2,3)33-21(32)26-14-8-13(12-30)10-29(11-14)17-6-7-25-9-16(17)27-20(31)19-15(24)4-5-18(23)28-19/h4-7,9,13-14,30H,8,10-12,24H2,1-3H3,(H,26,32)(H,27,31). The van der Waals surface area contributed by atoms with Crippen molar-refractivity contribution in [1.82, 2.24) is 15.3 Å². The Hall–Kier alpha value is -2.92. The number of ether oxygens (including phenoxy) is 1. The van der Waals surface area contributed by atoms with E-state index in [0.29, 0.717) is 35.5 Å². The Balaban J connectivity index is 1.80. The molecule has 2 aromatic heterocycles. The molecule has 33 heavy (non-hydrogen) atoms. The molecule has 0 bridgehead atoms. The second kappa shape index (κ2) is 10.3. The molecule has 2 unspecified atom stereocenters. The summed E-state index contributed by atoms with van der Waals surface area (Å²) in [7, 11) is 0. The maximum Gasteiger partial charge on any atom is 0.407 e. The van der Waals surface area contributed by atoms with Crippen molar-refractivity contribution in [1.29, 1.82) is 0 Å². The van der Waals surface area contributed by atoms with Crippen LogP contribution in [0.1, 0.15) is 37.7 Å². The van der Waals surface area contributed by atoms with Crippen LogP contribution in [0.2, 0.25) is 0 Å². The smallest absolute Gasteiger partial charge is 0.407 e. The summed E-state index contributed by atoms with van der Waals surface area (Å²) in [6.45, 7) is 6.39. The third-order valence-corrected chi connectivity index (χ3v) is 5.45. The first kappa shape index (κ1) is 24.7. The number of halogens is 1. The molecular weight excluding hydrogens is 492 g/mol. The molecule has 178 valence electrons. The number of nitrogens with two attached hydrogens (primary N) is 1. The van der Waals surface area contributed by atoms with Gasteiger partial charge in [-0.1, -0.05) is 0 Å². The van der Waals surface area contributed by atoms with Crippen molar-refractivity contribution in [2.75, 3.05) is 35.6 Å². The molecule has 2 amide bonds. The molecule has 2 aromatic rings. The van der Waals surface area contributed by atoms with E-state index in [1.54, 1.807) is 51.4 Å². The van der Waals surface area contributed by atoms with E-state index in [-0.39, 0.29) is 29.9 Å². The van der Waals surface area contributed by atoms with E-state index in [4.69, 9.17) is 10.5 Å². The third-order valence-electron chi connectivity index (χ3n) is 5.01. The van der Waals surface area contributed by atoms with Gasteiger partial charge in [-0.3, -0.25) is 9.78 Å². The molecule has 10 nitrogen and oxygen atoms in total. The number of hydrogen-bond donors (Lipinski definition) is 4. The lowest BCUT2D eigenvalue weighted by Gasteiger charge is -2.39. The van der Waals surface area contributed by atoms with Crippen molar-refractivity contribution < 1.29 is 19.4 Å². The molecule has 2 atom stereocenters. The van der Waals surface area contributed by atoms with Gasteiger partial charge in [-0.05, 0) is 61.3 Å². The Bertz CT molecular complexity index is 1010. The van der Waals surface area contributed by atoms with Crippen LogP contribution in [0.5, 0.6) is 0 Å². The average Bonchev–Trinajstić information content (AvgIpc) is 2.74. The number of nitrogens with one attached hydrogen (secondary N) is 2. The van der Waals surface area contributed by atoms with Crippen LogP contribution >= 0.6 is 15.9 Å². The fourth-order valence-corrected chi connectivity index (χ4v) is 3.99. The Morgan fingerprint density at radius 1 is 1.30 bits per heavy atom. The van der Waals surface area contributed by atoms with Crippen molar-refractivity contribution >= 4 is 45.0 Å². The lowest BCUT2D eigenvalue weighted by Crippen LogP contribution is -2.52. The number of pyridine rings is 2. The number of carbonyl (C=O) groups excluding carboxylic acids is 2. The number of rotatable bonds is 5. The molecule has 1 fully saturated rings. The first-order valence-electron chi connectivity index (χ1n) is 10.6. The van der Waals surface area contributed by atoms with Crippen LogP contribution in [0.3, 0.4) is 0 Å². The van der Waals surface area contributed by atoms with Crippen LogP contribution in [0.4, 0.5) is 21.9 Å². The van der Waals surface area contributed by atoms with Gasteiger partial charge in [0.05, 0.1) is 29.3 Å². The van der Waals surface area contributed by atoms with Gasteiger partial charge in [-0.25, -0.2) is 9.78 Å². The van der Waals surface area contributed by atoms with Gasteiger partial charge in [-0.15, -0.1) is 0 Å². The summed E-state index contributed by atoms with van der Waals surface area (Å²) in [6, 6.07) is 4.78. The molecule has 0 spiro atoms. The average molecular weight is 521 g/mol. The fourth-order valence-electron chi connectivity index (χ4n) is 3.68. The number of amides is 2. The second-order valence-corrected chi connectivity index (χ2v) is 9.76. The molecule has 1 aliphatic rings. The van der Waals surface area contributed by atoms with Gasteiger partial charge >= 0.3 is 6.09 Å². The van der Waals surface area contributed by atoms with Crippen LogP contribution in [0, 0.1) is 5.92 Å². The predicted octanol–water partition coefficient (Wildman–Crippen LogP) is 2.79. The third kappa shape index (κ3) is 6.78. The van der Waals surface area contributed by atoms with Crippen molar-refractivity contribution in [3.8, 4) is 0 Å². The van der Waals surface area contributed by atoms with Gasteiger partial charge in [0.1, 0.15) is 10.2 Å². The number of hydrogen-bond acceptors (Lipinski definition) is 8. The lowest BCUT2D eigenvalue weighted by molar-refractivity contribution is 0.0487. The van der Waals surface area contributed by atoms with Gasteiger partial charge in [0.15, 0.2) is 5.69 Å². The van der Waals surface area contributed by atoms with E-state index in [2.05, 4.69) is 36.5 Å². The van der Waals surface area contributed by atoms with E-state index in [0.717, 1.165) is 0 Å². The summed E-state index contributed by atoms with van der Waals surface area (Å²) < 4.78 is 5.87. The quantitative estimate of drug-likeness (QED) is 0.440. The van der Waals surface area contributed by atoms with Crippen LogP contribution < -0.4 is 21.3 Å². The highest BCUT2D eigenvalue weighted by molar-refractivity contribution is 9.10. The number of aliphatic hydroxyl groups is 1. The van der Waals surface area contributed by atoms with Gasteiger partial charge in [0.2, 0.25) is 0 Å². The zero-order chi connectivity index (χ0) is 24.2. The van der Waals surface area contributed by atoms with Crippen molar-refractivity contribution in [2.45, 2.75) is 38.8 Å². The summed E-state index contributed by atoms with van der Waals surface area (Å²) in [4.78, 5) is 35.4. The summed E-state index contributed by atoms with van der Waals surface area (Å²) in [5.41, 5.74) is 6.83. The zero-order valence-electron chi connectivity index (χ0n) is 18.8. The van der Waals surface area contributed by atoms with E-state index >= 15 is 0 Å². The Kier molecular flexibility index (Phi) is 7.75. The number of carbonyl (C=O) groups is 2. The Morgan fingerprint density at radius 3 is 2.76 bits per heavy atom. The molecule has 1 saturated heterocycles. The summed E-state index contributed by atoms with van der Waals surface area (Å²) >= 11 is 3.25. The lowest BCUT2D eigenvalue weighted by atomic mass is 9.94. The molecule has 0 aromatic carbocycles. The van der Waals surface area contributed by atoms with Gasteiger partial charge < -0.3 is 31.1 Å². The van der Waals surface area contributed by atoms with Crippen molar-refractivity contribution in [3.05, 3.63) is 40.9 Å². The molecule has 0 radical (unpaired) electrons. The van der Waals surface area contributed by atoms with Crippen LogP contribution in [-0.2, 0) is 4.74 Å². The van der Waals surface area contributed by atoms with E-state index in [1.165, 1.54) is 0 Å². The zero-order valence-corrected chi connectivity index (χ0v) is 20.4. The minimum Gasteiger partial charge on any atom is -0.444 e. The minimum atomic E-state index is -0.611. The first-order chi connectivity index (χ1) is 15.6. The van der Waals surface area contributed by atoms with Gasteiger partial charge in [-0.2, -0.15) is 0 Å². The number of nitrogens with zero attached hydrogens (tertiary/aromatic N) is 3. The van der Waals surface area contributed by atoms with E-state index in [1.807, 2.05) is 4.90 Å². The fraction of sp³-hybridized carbons (Fsp3) is 0.455. The normalized spacial score (nSPS) is 18.5. The number of alkyl carbamates (subject to hydrolysis) is 1. The summed E-state index contributed by atoms with van der Waals surface area (Å²) in [5.74, 6) is -0.542. The Labute approximate surface area is 201 Å². The van der Waals surface area contributed by atoms with Crippen LogP contribution in [-0.4, -0.2) is 58.4 Å². The number of aliphatic hydroxyl groups excluding tert-OH is 1. The first-order valence-corrected chi connectivity index (χ1v) is 11.4. The molecule has 1 aliphatic heterocycles. The van der Waals surface area contributed by atoms with E-state index < -0.39 is 17.6 Å². The summed E-state index contributed by atoms with van der Waals surface area (Å²) in [5, 5.41) is 15.6. The second-order valence-electron chi connectivity index (χ2n) is 8.95. The largest absolute Gasteiger partial charge is 0.444 e. The number of nitrogen functional groups attached to an aromatic ring is 1. The number of piperidine rings is 1. The molecule has 5 N–H and O–H groups in total. The van der Waals surface area contributed by atoms with Crippen LogP contribution in [0.25, 0.3) is 0 Å². The molecule has 0 aliphatic carbocycles. The number of anilines is 3. The Morgan fingerprint density at radius 2 is 2.06 bits per heavy atom. The molecular formula is C22H29BrN6O4. The summed E-state index contributed by atoms with van der Waals surface area (Å²) in [6.07, 6.45) is 3.26. The highest BCUT2D eigenvalue weighted by Crippen LogP contribution is 2.30. The predicted molar refractivity (Wildman–Crippen MR) is 129 cm³/mol. The number of aromatic nitrogens is 2. The SMILES string of the molecule is CC(C)(C)OC(=O)NC1CC(CO)CN(c2ccncc2NC(=O)c2nc(Br)ccc2N)C1. The molecule has 3 heterocycles. The molecule has 3 rings (SSSR count). The minimum absolute atomic E-state index is 0.0335. The maximum absolute atomic E-state index is 12.9. The van der Waals surface area contributed by atoms with Crippen LogP contribution in [0.15, 0.2) is 35.2 Å². The molecule has 11 heteroatoms.